The first-order chi connectivity index (χ1) is 15.4. The van der Waals surface area contributed by atoms with Crippen molar-refractivity contribution in [1.29, 1.82) is 5.26 Å². The van der Waals surface area contributed by atoms with Crippen molar-refractivity contribution in [3.05, 3.63) is 72.3 Å². The summed E-state index contributed by atoms with van der Waals surface area (Å²) < 4.78 is 20.8. The maximum Gasteiger partial charge on any atom is 0.332 e. The molecule has 1 saturated carbocycles. The highest BCUT2D eigenvalue weighted by atomic mass is 16.7. The number of rotatable bonds is 9. The van der Waals surface area contributed by atoms with E-state index in [4.69, 9.17) is 14.2 Å². The number of carbonyl (C=O) groups is 2. The predicted octanol–water partition coefficient (Wildman–Crippen LogP) is 4.56. The third-order valence-electron chi connectivity index (χ3n) is 5.41. The zero-order chi connectivity index (χ0) is 23.1. The van der Waals surface area contributed by atoms with Crippen molar-refractivity contribution in [2.75, 3.05) is 13.9 Å². The van der Waals surface area contributed by atoms with Crippen LogP contribution in [0.3, 0.4) is 0 Å². The lowest BCUT2D eigenvalue weighted by atomic mass is 10.1. The summed E-state index contributed by atoms with van der Waals surface area (Å²) in [5, 5.41) is 9.61. The minimum Gasteiger partial charge on any atom is -0.457 e. The molecule has 2 aromatic carbocycles. The van der Waals surface area contributed by atoms with E-state index in [9.17, 15) is 14.9 Å². The monoisotopic (exact) mass is 435 g/mol. The van der Waals surface area contributed by atoms with Crippen LogP contribution < -0.4 is 4.74 Å². The Kier molecular flexibility index (Phi) is 7.29. The van der Waals surface area contributed by atoms with Gasteiger partial charge >= 0.3 is 11.9 Å². The summed E-state index contributed by atoms with van der Waals surface area (Å²) in [4.78, 5) is 24.4. The number of allylic oxidation sites excluding steroid dienone is 1. The Morgan fingerprint density at radius 2 is 1.84 bits per heavy atom. The van der Waals surface area contributed by atoms with Gasteiger partial charge in [-0.05, 0) is 35.6 Å². The molecule has 0 saturated heterocycles. The Hall–Kier alpha value is -3.63. The van der Waals surface area contributed by atoms with Crippen LogP contribution in [0.15, 0.2) is 66.7 Å². The number of hydrogen-bond acceptors (Lipinski definition) is 7. The highest BCUT2D eigenvalue weighted by Gasteiger charge is 2.61. The number of para-hydroxylation sites is 1. The molecule has 1 aliphatic carbocycles. The third kappa shape index (κ3) is 5.54. The van der Waals surface area contributed by atoms with Crippen LogP contribution in [0.4, 0.5) is 0 Å². The second-order valence-electron chi connectivity index (χ2n) is 7.99. The van der Waals surface area contributed by atoms with Gasteiger partial charge in [0.1, 0.15) is 17.6 Å². The van der Waals surface area contributed by atoms with Crippen LogP contribution in [0.5, 0.6) is 11.5 Å². The Labute approximate surface area is 187 Å². The lowest BCUT2D eigenvalue weighted by Crippen LogP contribution is -2.14. The molecule has 3 rings (SSSR count). The van der Waals surface area contributed by atoms with E-state index in [1.54, 1.807) is 30.3 Å². The number of hydrogen-bond donors (Lipinski definition) is 0. The first-order valence-corrected chi connectivity index (χ1v) is 10.1. The predicted molar refractivity (Wildman–Crippen MR) is 115 cm³/mol. The van der Waals surface area contributed by atoms with Crippen molar-refractivity contribution in [1.82, 2.24) is 0 Å². The van der Waals surface area contributed by atoms with Crippen molar-refractivity contribution in [2.45, 2.75) is 20.0 Å². The number of carbonyl (C=O) groups excluding carboxylic acids is 2. The van der Waals surface area contributed by atoms with E-state index in [1.807, 2.05) is 50.2 Å². The van der Waals surface area contributed by atoms with E-state index in [-0.39, 0.29) is 12.7 Å². The molecular formula is C25H25NO6. The fourth-order valence-electron chi connectivity index (χ4n) is 3.56. The summed E-state index contributed by atoms with van der Waals surface area (Å²) in [7, 11) is 1.42. The molecule has 0 N–H and O–H groups in total. The average Bonchev–Trinajstić information content (AvgIpc) is 3.35. The van der Waals surface area contributed by atoms with Gasteiger partial charge in [0.15, 0.2) is 6.79 Å². The quantitative estimate of drug-likeness (QED) is 0.324. The van der Waals surface area contributed by atoms with Gasteiger partial charge < -0.3 is 18.9 Å². The molecule has 0 bridgehead atoms. The van der Waals surface area contributed by atoms with E-state index >= 15 is 0 Å². The van der Waals surface area contributed by atoms with Crippen LogP contribution in [-0.2, 0) is 23.8 Å². The van der Waals surface area contributed by atoms with Gasteiger partial charge in [0.05, 0.1) is 5.92 Å². The van der Waals surface area contributed by atoms with Gasteiger partial charge in [-0.1, -0.05) is 50.3 Å². The van der Waals surface area contributed by atoms with Gasteiger partial charge in [-0.2, -0.15) is 5.26 Å². The van der Waals surface area contributed by atoms with Gasteiger partial charge in [-0.15, -0.1) is 0 Å². The van der Waals surface area contributed by atoms with Crippen LogP contribution in [0.25, 0.3) is 0 Å². The van der Waals surface area contributed by atoms with Crippen LogP contribution in [-0.4, -0.2) is 25.8 Å². The van der Waals surface area contributed by atoms with Crippen LogP contribution in [0.2, 0.25) is 0 Å². The number of nitriles is 1. The van der Waals surface area contributed by atoms with Crippen molar-refractivity contribution >= 4 is 11.9 Å². The number of benzene rings is 2. The van der Waals surface area contributed by atoms with E-state index in [2.05, 4.69) is 4.74 Å². The molecule has 32 heavy (non-hydrogen) atoms. The van der Waals surface area contributed by atoms with Crippen LogP contribution in [0, 0.1) is 28.6 Å². The van der Waals surface area contributed by atoms with Crippen molar-refractivity contribution < 1.29 is 28.5 Å². The summed E-state index contributed by atoms with van der Waals surface area (Å²) in [5.41, 5.74) is 0.121. The lowest BCUT2D eigenvalue weighted by molar-refractivity contribution is -0.150. The smallest absolute Gasteiger partial charge is 0.332 e. The molecule has 2 aromatic rings. The fourth-order valence-corrected chi connectivity index (χ4v) is 3.56. The van der Waals surface area contributed by atoms with E-state index in [1.165, 1.54) is 13.2 Å². The maximum atomic E-state index is 12.8. The molecule has 0 aliphatic heterocycles. The van der Waals surface area contributed by atoms with E-state index in [0.717, 1.165) is 0 Å². The normalized spacial score (nSPS) is 19.6. The minimum absolute atomic E-state index is 0.139. The molecule has 1 aliphatic rings. The second-order valence-corrected chi connectivity index (χ2v) is 7.99. The molecule has 0 amide bonds. The minimum atomic E-state index is -1.07. The largest absolute Gasteiger partial charge is 0.457 e. The number of methoxy groups -OCH3 is 1. The van der Waals surface area contributed by atoms with Gasteiger partial charge in [0.2, 0.25) is 6.10 Å². The first-order valence-electron chi connectivity index (χ1n) is 10.1. The van der Waals surface area contributed by atoms with Crippen LogP contribution in [0.1, 0.15) is 25.5 Å². The third-order valence-corrected chi connectivity index (χ3v) is 5.41. The summed E-state index contributed by atoms with van der Waals surface area (Å²) in [6, 6.07) is 18.2. The highest BCUT2D eigenvalue weighted by Crippen LogP contribution is 2.59. The van der Waals surface area contributed by atoms with Gasteiger partial charge in [0, 0.05) is 18.7 Å². The fraction of sp³-hybridized carbons (Fsp3) is 0.320. The Morgan fingerprint density at radius 3 is 2.53 bits per heavy atom. The summed E-state index contributed by atoms with van der Waals surface area (Å²) in [6.07, 6.45) is 1.85. The summed E-state index contributed by atoms with van der Waals surface area (Å²) in [5.74, 6) is -0.505. The first kappa shape index (κ1) is 23.0. The van der Waals surface area contributed by atoms with Crippen molar-refractivity contribution in [3.8, 4) is 17.6 Å². The Bertz CT molecular complexity index is 1020. The SMILES string of the molecule is COCOC(=O)/C=C\[C@H]1[C@@H](C(=O)OC(C#N)c2cccc(Oc3ccccc3)c2)C1(C)C. The topological polar surface area (TPSA) is 94.9 Å². The number of esters is 2. The molecule has 7 nitrogen and oxygen atoms in total. The van der Waals surface area contributed by atoms with Crippen molar-refractivity contribution in [3.63, 3.8) is 0 Å². The Balaban J connectivity index is 1.65. The summed E-state index contributed by atoms with van der Waals surface area (Å²) in [6.45, 7) is 3.67. The average molecular weight is 435 g/mol. The summed E-state index contributed by atoms with van der Waals surface area (Å²) >= 11 is 0. The Morgan fingerprint density at radius 1 is 1.12 bits per heavy atom. The zero-order valence-corrected chi connectivity index (χ0v) is 18.2. The highest BCUT2D eigenvalue weighted by molar-refractivity contribution is 5.83. The van der Waals surface area contributed by atoms with E-state index < -0.39 is 29.4 Å². The standard InChI is InChI=1S/C25H25NO6/c1-25(2)20(12-13-22(27)30-16-29-3)23(25)24(28)32-21(15-26)17-8-7-11-19(14-17)31-18-9-5-4-6-10-18/h4-14,20-21,23H,16H2,1-3H3/b13-12-/t20-,21?,23-/m0/s1. The zero-order valence-electron chi connectivity index (χ0n) is 18.2. The van der Waals surface area contributed by atoms with Gasteiger partial charge in [-0.25, -0.2) is 4.79 Å². The van der Waals surface area contributed by atoms with Crippen LogP contribution >= 0.6 is 0 Å². The molecule has 7 heteroatoms. The molecule has 3 atom stereocenters. The molecule has 0 radical (unpaired) electrons. The molecule has 0 spiro atoms. The number of nitrogens with zero attached hydrogens (tertiary/aromatic N) is 1. The molecule has 0 aromatic heterocycles. The maximum absolute atomic E-state index is 12.8. The molecule has 1 fully saturated rings. The van der Waals surface area contributed by atoms with Gasteiger partial charge in [-0.3, -0.25) is 4.79 Å². The molecule has 0 heterocycles. The second kappa shape index (κ2) is 10.1. The van der Waals surface area contributed by atoms with E-state index in [0.29, 0.717) is 17.1 Å². The van der Waals surface area contributed by atoms with Gasteiger partial charge in [0.25, 0.3) is 0 Å². The molecule has 166 valence electrons. The number of ether oxygens (including phenoxy) is 4. The molecule has 1 unspecified atom stereocenters. The lowest BCUT2D eigenvalue weighted by Gasteiger charge is -2.13. The van der Waals surface area contributed by atoms with Crippen molar-refractivity contribution in [2.24, 2.45) is 17.3 Å². The molecular weight excluding hydrogens is 410 g/mol.